The summed E-state index contributed by atoms with van der Waals surface area (Å²) in [6.45, 7) is 8.41. The van der Waals surface area contributed by atoms with Gasteiger partial charge in [0.15, 0.2) is 11.4 Å². The molecule has 3 aliphatic carbocycles. The van der Waals surface area contributed by atoms with Crippen LogP contribution in [0.15, 0.2) is 23.0 Å². The van der Waals surface area contributed by atoms with Gasteiger partial charge in [-0.2, -0.15) is 0 Å². The third-order valence-electron chi connectivity index (χ3n) is 7.63. The van der Waals surface area contributed by atoms with Crippen molar-refractivity contribution in [1.29, 1.82) is 0 Å². The van der Waals surface area contributed by atoms with Gasteiger partial charge in [0.05, 0.1) is 5.56 Å². The lowest BCUT2D eigenvalue weighted by Crippen LogP contribution is -2.58. The number of hydrogen-bond acceptors (Lipinski definition) is 8. The van der Waals surface area contributed by atoms with E-state index in [9.17, 15) is 34.8 Å². The summed E-state index contributed by atoms with van der Waals surface area (Å²) in [5, 5.41) is 46.8. The lowest BCUT2D eigenvalue weighted by molar-refractivity contribution is -0.147. The Labute approximate surface area is 213 Å². The molecule has 37 heavy (non-hydrogen) atoms. The van der Waals surface area contributed by atoms with Gasteiger partial charge in [0.1, 0.15) is 28.7 Å². The molecule has 10 heteroatoms. The molecule has 0 aromatic heterocycles. The molecule has 4 rings (SSSR count). The summed E-state index contributed by atoms with van der Waals surface area (Å²) < 4.78 is 15.7. The second kappa shape index (κ2) is 8.95. The molecule has 0 heterocycles. The number of aliphatic hydroxyl groups is 3. The van der Waals surface area contributed by atoms with Gasteiger partial charge in [-0.15, -0.1) is 0 Å². The van der Waals surface area contributed by atoms with Gasteiger partial charge in [0, 0.05) is 41.6 Å². The molecule has 0 saturated heterocycles. The number of phenolic OH excluding ortho intramolecular Hbond substituents is 1. The predicted octanol–water partition coefficient (Wildman–Crippen LogP) is 2.48. The fourth-order valence-electron chi connectivity index (χ4n) is 6.13. The number of nitrogens with one attached hydrogen (secondary N) is 1. The van der Waals surface area contributed by atoms with Crippen LogP contribution in [0, 0.1) is 23.1 Å². The van der Waals surface area contributed by atoms with Crippen LogP contribution >= 0.6 is 0 Å². The zero-order chi connectivity index (χ0) is 27.6. The van der Waals surface area contributed by atoms with Crippen molar-refractivity contribution in [2.45, 2.75) is 71.6 Å². The predicted molar refractivity (Wildman–Crippen MR) is 132 cm³/mol. The number of benzene rings is 1. The van der Waals surface area contributed by atoms with Gasteiger partial charge in [0.25, 0.3) is 5.91 Å². The van der Waals surface area contributed by atoms with Crippen molar-refractivity contribution in [3.63, 3.8) is 0 Å². The van der Waals surface area contributed by atoms with Crippen LogP contribution < -0.4 is 11.1 Å². The van der Waals surface area contributed by atoms with Crippen molar-refractivity contribution < 1.29 is 39.2 Å². The minimum absolute atomic E-state index is 0.0319. The summed E-state index contributed by atoms with van der Waals surface area (Å²) in [5.74, 6) is -7.98. The highest BCUT2D eigenvalue weighted by molar-refractivity contribution is 6.22. The van der Waals surface area contributed by atoms with Crippen molar-refractivity contribution in [2.24, 2.45) is 23.0 Å². The molecule has 1 amide bonds. The van der Waals surface area contributed by atoms with E-state index < -0.39 is 70.0 Å². The number of hydrogen-bond donors (Lipinski definition) is 6. The maximum absolute atomic E-state index is 15.7. The lowest BCUT2D eigenvalue weighted by Gasteiger charge is -2.46. The monoisotopic (exact) mass is 516 g/mol. The Balaban J connectivity index is 1.74. The zero-order valence-electron chi connectivity index (χ0n) is 21.3. The highest BCUT2D eigenvalue weighted by atomic mass is 19.1. The van der Waals surface area contributed by atoms with Crippen LogP contribution in [0.5, 0.6) is 5.75 Å². The third kappa shape index (κ3) is 4.31. The summed E-state index contributed by atoms with van der Waals surface area (Å²) in [4.78, 5) is 37.6. The van der Waals surface area contributed by atoms with Crippen molar-refractivity contribution in [3.8, 4) is 5.75 Å². The zero-order valence-corrected chi connectivity index (χ0v) is 21.3. The summed E-state index contributed by atoms with van der Waals surface area (Å²) in [5.41, 5.74) is 1.43. The SMILES string of the molecule is C[C@H](CC(C)(C)C)NCc1cc(O)c2c(c1F)CC1C[C@H]3CC(=O)C(C(N)=O)=C(O)[C@@]3(O)C(=O)C1=C2O. The van der Waals surface area contributed by atoms with Gasteiger partial charge in [0.2, 0.25) is 5.78 Å². The van der Waals surface area contributed by atoms with E-state index in [0.29, 0.717) is 0 Å². The molecule has 200 valence electrons. The molecule has 1 saturated carbocycles. The number of aliphatic hydroxyl groups excluding tert-OH is 2. The standard InChI is InChI=1S/C27H33FN2O7/c1-11(9-26(2,3)4)30-10-13-7-16(31)19-15(21(13)28)6-12-5-14-8-17(32)20(25(29)36)24(35)27(14,37)23(34)18(12)22(19)33/h7,11-12,14,30-31,33,35,37H,5-6,8-10H2,1-4H3,(H2,29,36)/t11-,12?,14+,27+/m1/s1. The lowest BCUT2D eigenvalue weighted by atomic mass is 9.59. The topological polar surface area (TPSA) is 170 Å². The first-order valence-electron chi connectivity index (χ1n) is 12.3. The average Bonchev–Trinajstić information content (AvgIpc) is 2.76. The smallest absolute Gasteiger partial charge is 0.255 e. The molecular weight excluding hydrogens is 483 g/mol. The summed E-state index contributed by atoms with van der Waals surface area (Å²) >= 11 is 0. The largest absolute Gasteiger partial charge is 0.508 e. The van der Waals surface area contributed by atoms with Gasteiger partial charge in [-0.05, 0) is 43.6 Å². The van der Waals surface area contributed by atoms with Crippen molar-refractivity contribution in [3.05, 3.63) is 45.5 Å². The Morgan fingerprint density at radius 1 is 1.24 bits per heavy atom. The van der Waals surface area contributed by atoms with Crippen LogP contribution in [0.3, 0.4) is 0 Å². The Hall–Kier alpha value is -3.24. The first-order valence-corrected chi connectivity index (χ1v) is 12.3. The van der Waals surface area contributed by atoms with Gasteiger partial charge in [-0.1, -0.05) is 20.8 Å². The number of Topliss-reactive ketones (excluding diaryl/α,β-unsaturated/α-hetero) is 2. The van der Waals surface area contributed by atoms with Gasteiger partial charge < -0.3 is 31.5 Å². The molecule has 0 radical (unpaired) electrons. The molecule has 1 fully saturated rings. The first-order chi connectivity index (χ1) is 17.1. The Kier molecular flexibility index (Phi) is 6.49. The molecule has 1 aromatic rings. The Morgan fingerprint density at radius 3 is 2.49 bits per heavy atom. The highest BCUT2D eigenvalue weighted by Gasteiger charge is 2.60. The fourth-order valence-corrected chi connectivity index (χ4v) is 6.13. The average molecular weight is 517 g/mol. The molecule has 1 unspecified atom stereocenters. The number of rotatable bonds is 5. The van der Waals surface area contributed by atoms with Crippen LogP contribution in [-0.4, -0.2) is 49.5 Å². The molecular formula is C27H33FN2O7. The normalized spacial score (nSPS) is 26.5. The van der Waals surface area contributed by atoms with Gasteiger partial charge in [-0.3, -0.25) is 14.4 Å². The van der Waals surface area contributed by atoms with E-state index in [2.05, 4.69) is 26.1 Å². The third-order valence-corrected chi connectivity index (χ3v) is 7.63. The maximum atomic E-state index is 15.7. The number of phenols is 1. The van der Waals surface area contributed by atoms with Crippen LogP contribution in [-0.2, 0) is 27.3 Å². The van der Waals surface area contributed by atoms with Crippen LogP contribution in [0.4, 0.5) is 4.39 Å². The number of aromatic hydroxyl groups is 1. The number of fused-ring (bicyclic) bond motifs is 3. The van der Waals surface area contributed by atoms with Gasteiger partial charge in [-0.25, -0.2) is 4.39 Å². The molecule has 4 atom stereocenters. The van der Waals surface area contributed by atoms with E-state index in [1.165, 1.54) is 6.07 Å². The number of ketones is 2. The van der Waals surface area contributed by atoms with Crippen LogP contribution in [0.1, 0.15) is 63.6 Å². The van der Waals surface area contributed by atoms with Gasteiger partial charge >= 0.3 is 0 Å². The molecule has 9 nitrogen and oxygen atoms in total. The Bertz CT molecular complexity index is 1280. The molecule has 0 spiro atoms. The van der Waals surface area contributed by atoms with E-state index in [4.69, 9.17) is 5.73 Å². The van der Waals surface area contributed by atoms with Crippen molar-refractivity contribution in [1.82, 2.24) is 5.32 Å². The summed E-state index contributed by atoms with van der Waals surface area (Å²) in [6, 6.07) is 1.26. The van der Waals surface area contributed by atoms with E-state index in [0.717, 1.165) is 6.42 Å². The number of primary amides is 1. The number of carbonyl (C=O) groups excluding carboxylic acids is 3. The number of halogens is 1. The quantitative estimate of drug-likeness (QED) is 0.324. The summed E-state index contributed by atoms with van der Waals surface area (Å²) in [7, 11) is 0. The Morgan fingerprint density at radius 2 is 1.89 bits per heavy atom. The molecule has 0 aliphatic heterocycles. The number of carbonyl (C=O) groups is 3. The van der Waals surface area contributed by atoms with Crippen molar-refractivity contribution >= 4 is 23.2 Å². The minimum Gasteiger partial charge on any atom is -0.508 e. The molecule has 1 aromatic carbocycles. The molecule has 7 N–H and O–H groups in total. The number of nitrogens with two attached hydrogens (primary N) is 1. The van der Waals surface area contributed by atoms with E-state index in [1.807, 2.05) is 6.92 Å². The second-order valence-corrected chi connectivity index (χ2v) is 11.7. The second-order valence-electron chi connectivity index (χ2n) is 11.7. The molecule has 3 aliphatic rings. The van der Waals surface area contributed by atoms with E-state index in [-0.39, 0.29) is 53.1 Å². The highest BCUT2D eigenvalue weighted by Crippen LogP contribution is 2.52. The van der Waals surface area contributed by atoms with Crippen LogP contribution in [0.25, 0.3) is 5.76 Å². The van der Waals surface area contributed by atoms with Crippen molar-refractivity contribution in [2.75, 3.05) is 0 Å². The first kappa shape index (κ1) is 26.8. The molecule has 0 bridgehead atoms. The minimum atomic E-state index is -2.64. The van der Waals surface area contributed by atoms with E-state index in [1.54, 1.807) is 0 Å². The fraction of sp³-hybridized carbons (Fsp3) is 0.519. The van der Waals surface area contributed by atoms with E-state index >= 15 is 4.39 Å². The summed E-state index contributed by atoms with van der Waals surface area (Å²) in [6.07, 6.45) is 0.295. The van der Waals surface area contributed by atoms with Crippen LogP contribution in [0.2, 0.25) is 0 Å². The number of amides is 1. The maximum Gasteiger partial charge on any atom is 0.255 e.